The molecule has 0 saturated carbocycles. The Kier molecular flexibility index (Phi) is 8.82. The average Bonchev–Trinajstić information content (AvgIpc) is 2.56. The van der Waals surface area contributed by atoms with E-state index < -0.39 is 0 Å². The Balaban J connectivity index is 0.00000169. The number of rotatable bonds is 6. The van der Waals surface area contributed by atoms with Gasteiger partial charge < -0.3 is 16.1 Å². The van der Waals surface area contributed by atoms with Gasteiger partial charge in [-0.2, -0.15) is 0 Å². The van der Waals surface area contributed by atoms with Crippen LogP contribution in [0.1, 0.15) is 19.4 Å². The third kappa shape index (κ3) is 5.85. The highest BCUT2D eigenvalue weighted by Gasteiger charge is 2.03. The van der Waals surface area contributed by atoms with Gasteiger partial charge in [-0.05, 0) is 54.4 Å². The second kappa shape index (κ2) is 10.3. The van der Waals surface area contributed by atoms with E-state index in [4.69, 9.17) is 11.6 Å². The molecular formula is C20H25Cl2N3O. The standard InChI is InChI=1S/C20H22ClN3.ClH.H2O/c1-14(2)12-22-13-15-3-6-17(7-4-15)24-19-9-10-23-20-11-16(21)5-8-18(19)20;;/h3-11,14,22H,12-13H2,1-2H3,(H,23,24);1H;1H2. The zero-order valence-corrected chi connectivity index (χ0v) is 16.5. The van der Waals surface area contributed by atoms with Crippen LogP contribution in [0, 0.1) is 5.92 Å². The topological polar surface area (TPSA) is 68.5 Å². The quantitative estimate of drug-likeness (QED) is 0.620. The Bertz CT molecular complexity index is 823. The predicted molar refractivity (Wildman–Crippen MR) is 114 cm³/mol. The fourth-order valence-corrected chi connectivity index (χ4v) is 2.76. The lowest BCUT2D eigenvalue weighted by Crippen LogP contribution is -2.18. The lowest BCUT2D eigenvalue weighted by Gasteiger charge is -2.11. The van der Waals surface area contributed by atoms with Crippen LogP contribution in [0.15, 0.2) is 54.7 Å². The van der Waals surface area contributed by atoms with Crippen molar-refractivity contribution in [3.8, 4) is 0 Å². The Labute approximate surface area is 165 Å². The lowest BCUT2D eigenvalue weighted by molar-refractivity contribution is 0.552. The number of hydrogen-bond donors (Lipinski definition) is 2. The molecule has 0 aliphatic carbocycles. The monoisotopic (exact) mass is 393 g/mol. The fraction of sp³-hybridized carbons (Fsp3) is 0.250. The first-order chi connectivity index (χ1) is 11.6. The maximum Gasteiger partial charge on any atom is 0.0737 e. The summed E-state index contributed by atoms with van der Waals surface area (Å²) in [6.07, 6.45) is 1.80. The van der Waals surface area contributed by atoms with E-state index >= 15 is 0 Å². The molecule has 0 fully saturated rings. The Morgan fingerprint density at radius 3 is 2.46 bits per heavy atom. The minimum Gasteiger partial charge on any atom is -0.412 e. The highest BCUT2D eigenvalue weighted by atomic mass is 35.5. The number of hydrogen-bond acceptors (Lipinski definition) is 3. The molecule has 1 aromatic heterocycles. The van der Waals surface area contributed by atoms with Crippen molar-refractivity contribution in [3.05, 3.63) is 65.3 Å². The van der Waals surface area contributed by atoms with Gasteiger partial charge in [0.1, 0.15) is 0 Å². The summed E-state index contributed by atoms with van der Waals surface area (Å²) in [6, 6.07) is 16.3. The van der Waals surface area contributed by atoms with Crippen molar-refractivity contribution in [2.75, 3.05) is 11.9 Å². The van der Waals surface area contributed by atoms with Gasteiger partial charge in [0.2, 0.25) is 0 Å². The molecule has 140 valence electrons. The normalized spacial score (nSPS) is 10.3. The van der Waals surface area contributed by atoms with Gasteiger partial charge >= 0.3 is 0 Å². The molecule has 1 heterocycles. The van der Waals surface area contributed by atoms with E-state index in [-0.39, 0.29) is 17.9 Å². The Hall–Kier alpha value is -1.85. The minimum atomic E-state index is 0. The van der Waals surface area contributed by atoms with E-state index in [0.717, 1.165) is 35.4 Å². The van der Waals surface area contributed by atoms with E-state index in [2.05, 4.69) is 53.7 Å². The maximum absolute atomic E-state index is 6.04. The smallest absolute Gasteiger partial charge is 0.0737 e. The summed E-state index contributed by atoms with van der Waals surface area (Å²) in [7, 11) is 0. The van der Waals surface area contributed by atoms with Crippen molar-refractivity contribution >= 4 is 46.3 Å². The van der Waals surface area contributed by atoms with Crippen molar-refractivity contribution in [2.24, 2.45) is 5.92 Å². The molecule has 26 heavy (non-hydrogen) atoms. The summed E-state index contributed by atoms with van der Waals surface area (Å²) in [5.41, 5.74) is 4.27. The highest BCUT2D eigenvalue weighted by molar-refractivity contribution is 6.31. The summed E-state index contributed by atoms with van der Waals surface area (Å²) in [4.78, 5) is 4.37. The van der Waals surface area contributed by atoms with E-state index in [1.54, 1.807) is 6.20 Å². The first-order valence-corrected chi connectivity index (χ1v) is 8.60. The number of nitrogens with zero attached hydrogens (tertiary/aromatic N) is 1. The van der Waals surface area contributed by atoms with Crippen molar-refractivity contribution in [1.29, 1.82) is 0 Å². The van der Waals surface area contributed by atoms with Crippen LogP contribution in [0.2, 0.25) is 5.02 Å². The number of halogens is 2. The van der Waals surface area contributed by atoms with Crippen molar-refractivity contribution < 1.29 is 5.48 Å². The highest BCUT2D eigenvalue weighted by Crippen LogP contribution is 2.27. The number of benzene rings is 2. The van der Waals surface area contributed by atoms with Gasteiger partial charge in [-0.15, -0.1) is 12.4 Å². The summed E-state index contributed by atoms with van der Waals surface area (Å²) >= 11 is 6.04. The van der Waals surface area contributed by atoms with Gasteiger partial charge in [-0.25, -0.2) is 0 Å². The van der Waals surface area contributed by atoms with Crippen LogP contribution >= 0.6 is 24.0 Å². The van der Waals surface area contributed by atoms with Crippen molar-refractivity contribution in [2.45, 2.75) is 20.4 Å². The van der Waals surface area contributed by atoms with Crippen LogP contribution in [0.25, 0.3) is 10.9 Å². The molecule has 0 bridgehead atoms. The molecule has 0 amide bonds. The summed E-state index contributed by atoms with van der Waals surface area (Å²) < 4.78 is 0. The summed E-state index contributed by atoms with van der Waals surface area (Å²) in [5, 5.41) is 8.68. The molecule has 0 saturated heterocycles. The van der Waals surface area contributed by atoms with Crippen molar-refractivity contribution in [3.63, 3.8) is 0 Å². The number of aromatic nitrogens is 1. The van der Waals surface area contributed by atoms with Gasteiger partial charge in [-0.1, -0.05) is 37.6 Å². The molecule has 0 aliphatic heterocycles. The zero-order valence-electron chi connectivity index (χ0n) is 14.9. The number of pyridine rings is 1. The van der Waals surface area contributed by atoms with Crippen LogP contribution in [0.4, 0.5) is 11.4 Å². The first-order valence-electron chi connectivity index (χ1n) is 8.23. The van der Waals surface area contributed by atoms with Gasteiger partial charge in [0, 0.05) is 34.5 Å². The molecule has 0 radical (unpaired) electrons. The number of nitrogens with one attached hydrogen (secondary N) is 2. The zero-order chi connectivity index (χ0) is 16.9. The Morgan fingerprint density at radius 2 is 1.77 bits per heavy atom. The van der Waals surface area contributed by atoms with E-state index in [0.29, 0.717) is 10.9 Å². The van der Waals surface area contributed by atoms with Crippen LogP contribution < -0.4 is 10.6 Å². The number of anilines is 2. The maximum atomic E-state index is 6.04. The van der Waals surface area contributed by atoms with Crippen LogP contribution in [0.3, 0.4) is 0 Å². The van der Waals surface area contributed by atoms with Gasteiger partial charge in [-0.3, -0.25) is 4.98 Å². The van der Waals surface area contributed by atoms with E-state index in [1.807, 2.05) is 24.3 Å². The van der Waals surface area contributed by atoms with Crippen LogP contribution in [-0.2, 0) is 6.54 Å². The Morgan fingerprint density at radius 1 is 1.04 bits per heavy atom. The molecule has 4 nitrogen and oxygen atoms in total. The molecule has 4 N–H and O–H groups in total. The van der Waals surface area contributed by atoms with Crippen LogP contribution in [-0.4, -0.2) is 17.0 Å². The lowest BCUT2D eigenvalue weighted by atomic mass is 10.1. The van der Waals surface area contributed by atoms with E-state index in [1.165, 1.54) is 5.56 Å². The molecule has 0 atom stereocenters. The minimum absolute atomic E-state index is 0. The summed E-state index contributed by atoms with van der Waals surface area (Å²) in [5.74, 6) is 0.666. The molecule has 2 aromatic carbocycles. The SMILES string of the molecule is CC(C)CNCc1ccc(Nc2ccnc3cc(Cl)ccc23)cc1.Cl.O. The average molecular weight is 394 g/mol. The van der Waals surface area contributed by atoms with Gasteiger partial charge in [0.15, 0.2) is 0 Å². The fourth-order valence-electron chi connectivity index (χ4n) is 2.60. The van der Waals surface area contributed by atoms with Crippen molar-refractivity contribution in [1.82, 2.24) is 10.3 Å². The molecule has 6 heteroatoms. The third-order valence-electron chi connectivity index (χ3n) is 3.82. The summed E-state index contributed by atoms with van der Waals surface area (Å²) in [6.45, 7) is 6.36. The molecule has 3 rings (SSSR count). The molecule has 3 aromatic rings. The third-order valence-corrected chi connectivity index (χ3v) is 4.05. The van der Waals surface area contributed by atoms with Crippen LogP contribution in [0.5, 0.6) is 0 Å². The molecule has 0 spiro atoms. The van der Waals surface area contributed by atoms with E-state index in [9.17, 15) is 0 Å². The molecule has 0 unspecified atom stereocenters. The van der Waals surface area contributed by atoms with Gasteiger partial charge in [0.25, 0.3) is 0 Å². The number of fused-ring (bicyclic) bond motifs is 1. The molecule has 0 aliphatic rings. The largest absolute Gasteiger partial charge is 0.412 e. The predicted octanol–water partition coefficient (Wildman–Crippen LogP) is 4.97. The molecular weight excluding hydrogens is 369 g/mol. The van der Waals surface area contributed by atoms with Gasteiger partial charge in [0.05, 0.1) is 5.52 Å². The second-order valence-corrected chi connectivity index (χ2v) is 6.80. The second-order valence-electron chi connectivity index (χ2n) is 6.37. The first kappa shape index (κ1) is 22.2.